The van der Waals surface area contributed by atoms with Crippen molar-refractivity contribution < 1.29 is 27.9 Å². The average Bonchev–Trinajstić information content (AvgIpc) is 3.00. The molecule has 228 valence electrons. The van der Waals surface area contributed by atoms with Crippen LogP contribution in [0.25, 0.3) is 0 Å². The van der Waals surface area contributed by atoms with E-state index in [1.807, 2.05) is 30.3 Å². The molecule has 0 atom stereocenters. The van der Waals surface area contributed by atoms with E-state index in [0.29, 0.717) is 11.1 Å². The molecule has 0 N–H and O–H groups in total. The maximum absolute atomic E-state index is 14.1. The molecule has 2 amide bonds. The number of carbonyl (C=O) groups excluding carboxylic acids is 2. The Morgan fingerprint density at radius 2 is 1.45 bits per heavy atom. The minimum Gasteiger partial charge on any atom is -0.482 e. The SMILES string of the molecule is CC(C)ON(C)C(=O)c1cn2c(c(OCc3ccccc3)c1=O)C(=O)N(Cc1ccc(F)cc1)CN2Cc1ccc(F)cc1. The lowest BCUT2D eigenvalue weighted by molar-refractivity contribution is -0.136. The zero-order chi connectivity index (χ0) is 31.4. The van der Waals surface area contributed by atoms with E-state index >= 15 is 0 Å². The van der Waals surface area contributed by atoms with Gasteiger partial charge in [0.1, 0.15) is 30.5 Å². The molecular weight excluding hydrogens is 570 g/mol. The summed E-state index contributed by atoms with van der Waals surface area (Å²) in [6, 6.07) is 20.8. The van der Waals surface area contributed by atoms with Crippen LogP contribution in [-0.4, -0.2) is 46.3 Å². The molecule has 0 radical (unpaired) electrons. The fourth-order valence-electron chi connectivity index (χ4n) is 4.89. The van der Waals surface area contributed by atoms with Gasteiger partial charge in [-0.05, 0) is 54.8 Å². The van der Waals surface area contributed by atoms with Gasteiger partial charge in [-0.25, -0.2) is 13.8 Å². The van der Waals surface area contributed by atoms with Crippen molar-refractivity contribution in [2.24, 2.45) is 0 Å². The van der Waals surface area contributed by atoms with Gasteiger partial charge >= 0.3 is 0 Å². The van der Waals surface area contributed by atoms with Crippen molar-refractivity contribution >= 4 is 11.8 Å². The molecule has 0 unspecified atom stereocenters. The van der Waals surface area contributed by atoms with Crippen molar-refractivity contribution in [3.05, 3.63) is 135 Å². The third kappa shape index (κ3) is 6.78. The molecule has 0 bridgehead atoms. The number of halogens is 2. The van der Waals surface area contributed by atoms with E-state index in [1.54, 1.807) is 43.1 Å². The number of benzene rings is 3. The van der Waals surface area contributed by atoms with Gasteiger partial charge < -0.3 is 9.64 Å². The summed E-state index contributed by atoms with van der Waals surface area (Å²) in [5, 5.41) is 2.72. The van der Waals surface area contributed by atoms with Crippen LogP contribution >= 0.6 is 0 Å². The van der Waals surface area contributed by atoms with Crippen LogP contribution in [0.2, 0.25) is 0 Å². The Morgan fingerprint density at radius 3 is 2.05 bits per heavy atom. The molecule has 0 spiro atoms. The zero-order valence-electron chi connectivity index (χ0n) is 24.6. The molecule has 0 aliphatic carbocycles. The number of carbonyl (C=O) groups is 2. The molecule has 0 fully saturated rings. The minimum absolute atomic E-state index is 0.0353. The third-order valence-corrected chi connectivity index (χ3v) is 6.95. The van der Waals surface area contributed by atoms with E-state index in [0.717, 1.165) is 10.6 Å². The van der Waals surface area contributed by atoms with Gasteiger partial charge in [0.15, 0.2) is 11.4 Å². The second-order valence-electron chi connectivity index (χ2n) is 10.7. The smallest absolute Gasteiger partial charge is 0.282 e. The van der Waals surface area contributed by atoms with Crippen molar-refractivity contribution in [2.45, 2.75) is 39.6 Å². The van der Waals surface area contributed by atoms with Crippen molar-refractivity contribution in [3.8, 4) is 5.75 Å². The zero-order valence-corrected chi connectivity index (χ0v) is 24.6. The number of fused-ring (bicyclic) bond motifs is 1. The van der Waals surface area contributed by atoms with Gasteiger partial charge in [-0.3, -0.25) is 28.9 Å². The Morgan fingerprint density at radius 1 is 0.864 bits per heavy atom. The molecular formula is C33H32F2N4O5. The van der Waals surface area contributed by atoms with Crippen LogP contribution in [0.4, 0.5) is 8.78 Å². The Bertz CT molecular complexity index is 1690. The van der Waals surface area contributed by atoms with Crippen LogP contribution in [0, 0.1) is 11.6 Å². The van der Waals surface area contributed by atoms with Gasteiger partial charge in [-0.15, -0.1) is 0 Å². The third-order valence-electron chi connectivity index (χ3n) is 6.95. The number of ether oxygens (including phenoxy) is 1. The predicted octanol–water partition coefficient (Wildman–Crippen LogP) is 4.87. The average molecular weight is 603 g/mol. The minimum atomic E-state index is -0.768. The van der Waals surface area contributed by atoms with E-state index < -0.39 is 28.9 Å². The Hall–Kier alpha value is -5.03. The first-order valence-corrected chi connectivity index (χ1v) is 14.1. The number of pyridine rings is 1. The van der Waals surface area contributed by atoms with Crippen LogP contribution in [0.1, 0.15) is 51.4 Å². The molecule has 0 saturated heterocycles. The van der Waals surface area contributed by atoms with Crippen LogP contribution in [-0.2, 0) is 24.5 Å². The lowest BCUT2D eigenvalue weighted by atomic mass is 10.1. The van der Waals surface area contributed by atoms with Crippen molar-refractivity contribution in [2.75, 3.05) is 18.7 Å². The maximum atomic E-state index is 14.1. The van der Waals surface area contributed by atoms with Crippen LogP contribution in [0.3, 0.4) is 0 Å². The van der Waals surface area contributed by atoms with E-state index in [2.05, 4.69) is 0 Å². The van der Waals surface area contributed by atoms with Crippen molar-refractivity contribution in [1.29, 1.82) is 0 Å². The summed E-state index contributed by atoms with van der Waals surface area (Å²) in [5.74, 6) is -2.34. The number of hydrogen-bond acceptors (Lipinski definition) is 6. The summed E-state index contributed by atoms with van der Waals surface area (Å²) < 4.78 is 34.8. The standard InChI is InChI=1S/C33H32F2N4O5/c1-22(2)44-36(3)32(41)28-19-39-29(31(30(28)40)43-20-25-7-5-4-6-8-25)33(42)37(17-23-9-13-26(34)14-10-23)21-38(39)18-24-11-15-27(35)16-12-24/h4-16,19,22H,17-18,20-21H2,1-3H3. The van der Waals surface area contributed by atoms with Crippen molar-refractivity contribution in [3.63, 3.8) is 0 Å². The molecule has 1 aliphatic heterocycles. The lowest BCUT2D eigenvalue weighted by Gasteiger charge is -2.40. The molecule has 0 saturated carbocycles. The topological polar surface area (TPSA) is 84.3 Å². The summed E-state index contributed by atoms with van der Waals surface area (Å²) in [7, 11) is 1.41. The van der Waals surface area contributed by atoms with E-state index in [9.17, 15) is 23.2 Å². The monoisotopic (exact) mass is 602 g/mol. The number of hydroxylamine groups is 2. The Labute approximate surface area is 253 Å². The lowest BCUT2D eigenvalue weighted by Crippen LogP contribution is -2.54. The van der Waals surface area contributed by atoms with Gasteiger partial charge in [0.05, 0.1) is 12.6 Å². The summed E-state index contributed by atoms with van der Waals surface area (Å²) in [5.41, 5.74) is 1.02. The first kappa shape index (κ1) is 30.4. The van der Waals surface area contributed by atoms with Gasteiger partial charge in [0.2, 0.25) is 5.43 Å². The fraction of sp³-hybridized carbons (Fsp3) is 0.242. The van der Waals surface area contributed by atoms with Crippen molar-refractivity contribution in [1.82, 2.24) is 14.6 Å². The van der Waals surface area contributed by atoms with Gasteiger partial charge in [0.25, 0.3) is 11.8 Å². The fourth-order valence-corrected chi connectivity index (χ4v) is 4.89. The van der Waals surface area contributed by atoms with Gasteiger partial charge in [0, 0.05) is 19.8 Å². The highest BCUT2D eigenvalue weighted by molar-refractivity contribution is 5.99. The van der Waals surface area contributed by atoms with E-state index in [1.165, 1.54) is 47.1 Å². The normalized spacial score (nSPS) is 12.8. The number of amides is 2. The molecule has 44 heavy (non-hydrogen) atoms. The number of rotatable bonds is 10. The quantitative estimate of drug-likeness (QED) is 0.241. The summed E-state index contributed by atoms with van der Waals surface area (Å²) in [6.07, 6.45) is 0.973. The highest BCUT2D eigenvalue weighted by Crippen LogP contribution is 2.26. The van der Waals surface area contributed by atoms with E-state index in [-0.39, 0.29) is 49.5 Å². The first-order valence-electron chi connectivity index (χ1n) is 14.1. The van der Waals surface area contributed by atoms with Crippen LogP contribution in [0.15, 0.2) is 89.9 Å². The largest absolute Gasteiger partial charge is 0.482 e. The molecule has 5 rings (SSSR count). The predicted molar refractivity (Wildman–Crippen MR) is 159 cm³/mol. The van der Waals surface area contributed by atoms with Crippen LogP contribution < -0.4 is 15.2 Å². The first-order chi connectivity index (χ1) is 21.1. The summed E-state index contributed by atoms with van der Waals surface area (Å²) >= 11 is 0. The van der Waals surface area contributed by atoms with Crippen LogP contribution in [0.5, 0.6) is 5.75 Å². The molecule has 4 aromatic rings. The molecule has 1 aliphatic rings. The number of nitrogens with zero attached hydrogens (tertiary/aromatic N) is 4. The molecule has 11 heteroatoms. The summed E-state index contributed by atoms with van der Waals surface area (Å²) in [6.45, 7) is 3.79. The molecule has 9 nitrogen and oxygen atoms in total. The molecule has 2 heterocycles. The van der Waals surface area contributed by atoms with Gasteiger partial charge in [-0.2, -0.15) is 0 Å². The summed E-state index contributed by atoms with van der Waals surface area (Å²) in [4.78, 5) is 48.5. The second-order valence-corrected chi connectivity index (χ2v) is 10.7. The highest BCUT2D eigenvalue weighted by Gasteiger charge is 2.36. The maximum Gasteiger partial charge on any atom is 0.282 e. The molecule has 1 aromatic heterocycles. The number of hydrogen-bond donors (Lipinski definition) is 0. The highest BCUT2D eigenvalue weighted by atomic mass is 19.1. The van der Waals surface area contributed by atoms with Gasteiger partial charge in [-0.1, -0.05) is 54.6 Å². The Balaban J connectivity index is 1.64. The Kier molecular flexibility index (Phi) is 9.05. The number of aromatic nitrogens is 1. The second kappa shape index (κ2) is 13.1. The molecule has 3 aromatic carbocycles. The van der Waals surface area contributed by atoms with E-state index in [4.69, 9.17) is 9.57 Å².